The summed E-state index contributed by atoms with van der Waals surface area (Å²) in [6, 6.07) is 4.13. The number of ether oxygens (including phenoxy) is 3. The third-order valence-corrected chi connectivity index (χ3v) is 6.11. The van der Waals surface area contributed by atoms with Gasteiger partial charge in [-0.05, 0) is 45.5 Å². The quantitative estimate of drug-likeness (QED) is 0.544. The van der Waals surface area contributed by atoms with Crippen LogP contribution >= 0.6 is 0 Å². The molecule has 0 aromatic heterocycles. The minimum Gasteiger partial charge on any atom is -0.493 e. The highest BCUT2D eigenvalue weighted by Crippen LogP contribution is 2.56. The minimum atomic E-state index is -0.303. The van der Waals surface area contributed by atoms with Gasteiger partial charge in [0.1, 0.15) is 12.2 Å². The lowest BCUT2D eigenvalue weighted by molar-refractivity contribution is -0.153. The summed E-state index contributed by atoms with van der Waals surface area (Å²) in [5.41, 5.74) is 3.25. The van der Waals surface area contributed by atoms with E-state index in [1.165, 1.54) is 11.1 Å². The van der Waals surface area contributed by atoms with E-state index in [-0.39, 0.29) is 29.5 Å². The lowest BCUT2D eigenvalue weighted by atomic mass is 9.67. The molecule has 0 fully saturated rings. The van der Waals surface area contributed by atoms with Crippen LogP contribution in [-0.4, -0.2) is 43.8 Å². The van der Waals surface area contributed by atoms with Gasteiger partial charge in [0, 0.05) is 18.5 Å². The molecule has 5 nitrogen and oxygen atoms in total. The summed E-state index contributed by atoms with van der Waals surface area (Å²) >= 11 is 0. The maximum Gasteiger partial charge on any atom is 0.308 e. The van der Waals surface area contributed by atoms with Gasteiger partial charge in [-0.2, -0.15) is 0 Å². The number of rotatable bonds is 6. The maximum absolute atomic E-state index is 12.1. The zero-order valence-corrected chi connectivity index (χ0v) is 18.0. The number of nitrogens with zero attached hydrogens (tertiary/aromatic N) is 1. The summed E-state index contributed by atoms with van der Waals surface area (Å²) in [6.07, 6.45) is 1.16. The Morgan fingerprint density at radius 3 is 2.71 bits per heavy atom. The Morgan fingerprint density at radius 1 is 1.39 bits per heavy atom. The first-order valence-electron chi connectivity index (χ1n) is 10.1. The van der Waals surface area contributed by atoms with Crippen LogP contribution in [-0.2, 0) is 21.5 Å². The van der Waals surface area contributed by atoms with Gasteiger partial charge in [-0.25, -0.2) is 0 Å². The van der Waals surface area contributed by atoms with Crippen LogP contribution in [0, 0.1) is 5.92 Å². The van der Waals surface area contributed by atoms with Crippen LogP contribution in [0.1, 0.15) is 51.7 Å². The number of methoxy groups -OCH3 is 1. The zero-order chi connectivity index (χ0) is 20.6. The molecule has 5 heteroatoms. The molecular formula is C23H33NO4. The Hall–Kier alpha value is -2.01. The van der Waals surface area contributed by atoms with Crippen LogP contribution in [0.25, 0.3) is 0 Å². The van der Waals surface area contributed by atoms with E-state index in [0.717, 1.165) is 36.6 Å². The molecule has 0 amide bonds. The topological polar surface area (TPSA) is 48.0 Å². The first-order chi connectivity index (χ1) is 13.2. The van der Waals surface area contributed by atoms with Gasteiger partial charge < -0.3 is 19.1 Å². The highest BCUT2D eigenvalue weighted by atomic mass is 16.6. The lowest BCUT2D eigenvalue weighted by Crippen LogP contribution is -2.42. The molecule has 2 heterocycles. The fourth-order valence-corrected chi connectivity index (χ4v) is 4.56. The van der Waals surface area contributed by atoms with E-state index in [0.29, 0.717) is 6.42 Å². The van der Waals surface area contributed by atoms with Crippen molar-refractivity contribution in [1.29, 1.82) is 0 Å². The number of hydrogen-bond donors (Lipinski definition) is 0. The molecule has 154 valence electrons. The van der Waals surface area contributed by atoms with Crippen LogP contribution < -0.4 is 9.47 Å². The fraction of sp³-hybridized carbons (Fsp3) is 0.609. The Balaban J connectivity index is 2.02. The molecule has 3 rings (SSSR count). The monoisotopic (exact) mass is 387 g/mol. The number of carbonyl (C=O) groups is 1. The molecule has 2 aliphatic heterocycles. The van der Waals surface area contributed by atoms with E-state index < -0.39 is 0 Å². The number of esters is 1. The lowest BCUT2D eigenvalue weighted by Gasteiger charge is -2.36. The third-order valence-electron chi connectivity index (χ3n) is 6.11. The summed E-state index contributed by atoms with van der Waals surface area (Å²) < 4.78 is 17.8. The second-order valence-corrected chi connectivity index (χ2v) is 8.61. The SMILES string of the molecule is C=C(C)[C@@]12CCN(C)Cc3ccc(OC)c(c31)O[C@H]2C[C@H](C)OC(=O)C(C)C. The molecule has 0 unspecified atom stereocenters. The van der Waals surface area contributed by atoms with E-state index in [4.69, 9.17) is 14.2 Å². The van der Waals surface area contributed by atoms with Crippen molar-refractivity contribution in [3.8, 4) is 11.5 Å². The van der Waals surface area contributed by atoms with Gasteiger partial charge in [0.25, 0.3) is 0 Å². The van der Waals surface area contributed by atoms with Crippen LogP contribution in [0.15, 0.2) is 24.3 Å². The predicted molar refractivity (Wildman–Crippen MR) is 110 cm³/mol. The van der Waals surface area contributed by atoms with Crippen molar-refractivity contribution in [3.63, 3.8) is 0 Å². The van der Waals surface area contributed by atoms with Gasteiger partial charge in [0.15, 0.2) is 11.5 Å². The predicted octanol–water partition coefficient (Wildman–Crippen LogP) is 4.08. The Labute approximate surface area is 168 Å². The second kappa shape index (κ2) is 7.78. The highest BCUT2D eigenvalue weighted by molar-refractivity contribution is 5.71. The van der Waals surface area contributed by atoms with Gasteiger partial charge in [-0.15, -0.1) is 0 Å². The van der Waals surface area contributed by atoms with Crippen LogP contribution in [0.2, 0.25) is 0 Å². The minimum absolute atomic E-state index is 0.141. The Bertz CT molecular complexity index is 772. The average molecular weight is 388 g/mol. The standard InChI is InChI=1S/C23H33NO4/c1-14(2)22(25)27-16(5)12-19-23(15(3)4)10-11-24(6)13-17-8-9-18(26-7)21(28-19)20(17)23/h8-9,14,16,19H,3,10-13H2,1-2,4-7H3/t16-,19-,23+/m0/s1. The second-order valence-electron chi connectivity index (χ2n) is 8.61. The molecule has 0 bridgehead atoms. The molecule has 0 saturated carbocycles. The molecular weight excluding hydrogens is 354 g/mol. The van der Waals surface area contributed by atoms with Crippen molar-refractivity contribution in [2.45, 2.75) is 64.7 Å². The molecule has 0 radical (unpaired) electrons. The van der Waals surface area contributed by atoms with E-state index in [1.807, 2.05) is 26.8 Å². The summed E-state index contributed by atoms with van der Waals surface area (Å²) in [5.74, 6) is 1.26. The number of benzene rings is 1. The fourth-order valence-electron chi connectivity index (χ4n) is 4.56. The van der Waals surface area contributed by atoms with E-state index in [9.17, 15) is 4.79 Å². The number of hydrogen-bond acceptors (Lipinski definition) is 5. The third kappa shape index (κ3) is 3.41. The average Bonchev–Trinajstić information content (AvgIpc) is 2.85. The number of carbonyl (C=O) groups excluding carboxylic acids is 1. The smallest absolute Gasteiger partial charge is 0.308 e. The summed E-state index contributed by atoms with van der Waals surface area (Å²) in [5, 5.41) is 0. The first-order valence-corrected chi connectivity index (χ1v) is 10.1. The van der Waals surface area contributed by atoms with Crippen molar-refractivity contribution in [1.82, 2.24) is 4.90 Å². The van der Waals surface area contributed by atoms with Crippen LogP contribution in [0.4, 0.5) is 0 Å². The largest absolute Gasteiger partial charge is 0.493 e. The zero-order valence-electron chi connectivity index (χ0n) is 18.0. The maximum atomic E-state index is 12.1. The Kier molecular flexibility index (Phi) is 5.76. The molecule has 1 aromatic carbocycles. The Morgan fingerprint density at radius 2 is 2.11 bits per heavy atom. The van der Waals surface area contributed by atoms with Crippen LogP contribution in [0.5, 0.6) is 11.5 Å². The molecule has 0 saturated heterocycles. The summed E-state index contributed by atoms with van der Waals surface area (Å²) in [4.78, 5) is 14.4. The molecule has 28 heavy (non-hydrogen) atoms. The molecule has 0 spiro atoms. The van der Waals surface area contributed by atoms with E-state index >= 15 is 0 Å². The summed E-state index contributed by atoms with van der Waals surface area (Å²) in [7, 11) is 3.82. The van der Waals surface area contributed by atoms with Crippen molar-refractivity contribution in [2.24, 2.45) is 5.92 Å². The van der Waals surface area contributed by atoms with Gasteiger partial charge in [-0.3, -0.25) is 4.79 Å². The first kappa shape index (κ1) is 20.7. The van der Waals surface area contributed by atoms with Crippen molar-refractivity contribution < 1.29 is 19.0 Å². The van der Waals surface area contributed by atoms with Crippen molar-refractivity contribution in [3.05, 3.63) is 35.4 Å². The van der Waals surface area contributed by atoms with Gasteiger partial charge in [-0.1, -0.05) is 32.1 Å². The molecule has 3 atom stereocenters. The van der Waals surface area contributed by atoms with E-state index in [2.05, 4.69) is 31.5 Å². The molecule has 1 aromatic rings. The molecule has 2 aliphatic rings. The van der Waals surface area contributed by atoms with Gasteiger partial charge >= 0.3 is 5.97 Å². The molecule has 0 N–H and O–H groups in total. The highest BCUT2D eigenvalue weighted by Gasteiger charge is 2.53. The summed E-state index contributed by atoms with van der Waals surface area (Å²) in [6.45, 7) is 13.9. The van der Waals surface area contributed by atoms with E-state index in [1.54, 1.807) is 7.11 Å². The van der Waals surface area contributed by atoms with Gasteiger partial charge in [0.05, 0.1) is 18.4 Å². The van der Waals surface area contributed by atoms with Crippen molar-refractivity contribution in [2.75, 3.05) is 20.7 Å². The molecule has 0 aliphatic carbocycles. The van der Waals surface area contributed by atoms with Crippen molar-refractivity contribution >= 4 is 5.97 Å². The normalized spacial score (nSPS) is 24.9. The van der Waals surface area contributed by atoms with Crippen LogP contribution in [0.3, 0.4) is 0 Å². The van der Waals surface area contributed by atoms with Gasteiger partial charge in [0.2, 0.25) is 0 Å².